The van der Waals surface area contributed by atoms with Gasteiger partial charge in [-0.15, -0.1) is 0 Å². The van der Waals surface area contributed by atoms with Crippen LogP contribution in [0.15, 0.2) is 48.5 Å². The molecule has 2 bridgehead atoms. The maximum atomic E-state index is 12.6. The number of hydrogen-bond acceptors (Lipinski definition) is 4. The van der Waals surface area contributed by atoms with Crippen molar-refractivity contribution in [3.05, 3.63) is 54.1 Å². The molecule has 0 radical (unpaired) electrons. The third kappa shape index (κ3) is 3.93. The molecular formula is C22H26N2O3. The highest BCUT2D eigenvalue weighted by Crippen LogP contribution is 2.32. The number of nitrogens with zero attached hydrogens (tertiary/aromatic N) is 1. The Balaban J connectivity index is 1.38. The molecule has 5 rings (SSSR count). The maximum absolute atomic E-state index is 12.6. The predicted molar refractivity (Wildman–Crippen MR) is 105 cm³/mol. The third-order valence-electron chi connectivity index (χ3n) is 5.76. The molecule has 0 aliphatic carbocycles. The number of amides is 1. The number of ether oxygens (including phenoxy) is 2. The fourth-order valence-electron chi connectivity index (χ4n) is 4.19. The molecule has 3 saturated heterocycles. The number of rotatable bonds is 5. The van der Waals surface area contributed by atoms with Gasteiger partial charge >= 0.3 is 0 Å². The summed E-state index contributed by atoms with van der Waals surface area (Å²) < 4.78 is 11.0. The van der Waals surface area contributed by atoms with Crippen molar-refractivity contribution in [1.29, 1.82) is 0 Å². The first-order chi connectivity index (χ1) is 13.1. The van der Waals surface area contributed by atoms with Crippen molar-refractivity contribution < 1.29 is 14.3 Å². The average molecular weight is 366 g/mol. The Kier molecular flexibility index (Phi) is 5.03. The Morgan fingerprint density at radius 2 is 1.89 bits per heavy atom. The Morgan fingerprint density at radius 3 is 2.56 bits per heavy atom. The van der Waals surface area contributed by atoms with Gasteiger partial charge in [0, 0.05) is 30.3 Å². The largest absolute Gasteiger partial charge is 0.497 e. The first-order valence-corrected chi connectivity index (χ1v) is 9.59. The van der Waals surface area contributed by atoms with Gasteiger partial charge in [0.1, 0.15) is 17.2 Å². The Hall–Kier alpha value is -2.53. The molecule has 3 heterocycles. The molecule has 0 saturated carbocycles. The number of benzene rings is 2. The van der Waals surface area contributed by atoms with Crippen molar-refractivity contribution in [1.82, 2.24) is 10.2 Å². The maximum Gasteiger partial charge on any atom is 0.251 e. The minimum atomic E-state index is -0.00525. The molecule has 2 aromatic carbocycles. The van der Waals surface area contributed by atoms with Crippen LogP contribution < -0.4 is 14.8 Å². The third-order valence-corrected chi connectivity index (χ3v) is 5.76. The van der Waals surface area contributed by atoms with Crippen molar-refractivity contribution in [2.24, 2.45) is 5.92 Å². The van der Waals surface area contributed by atoms with Crippen molar-refractivity contribution in [3.8, 4) is 17.2 Å². The predicted octanol–water partition coefficient (Wildman–Crippen LogP) is 3.70. The van der Waals surface area contributed by atoms with Gasteiger partial charge in [0.05, 0.1) is 7.11 Å². The molecule has 3 aliphatic rings. The Labute approximate surface area is 160 Å². The lowest BCUT2D eigenvalue weighted by Gasteiger charge is -2.48. The summed E-state index contributed by atoms with van der Waals surface area (Å²) in [6, 6.07) is 15.6. The monoisotopic (exact) mass is 366 g/mol. The standard InChI is InChI=1S/C22H26N2O3/c1-15-12-17-10-11-24(15)14-21(17)23-22(25)16-6-8-18(9-7-16)27-20-5-3-4-19(13-20)26-2/h3-9,13,15,17,21H,10-12,14H2,1-2H3,(H,23,25). The van der Waals surface area contributed by atoms with Crippen LogP contribution >= 0.6 is 0 Å². The minimum Gasteiger partial charge on any atom is -0.497 e. The quantitative estimate of drug-likeness (QED) is 0.877. The van der Waals surface area contributed by atoms with E-state index >= 15 is 0 Å². The van der Waals surface area contributed by atoms with Crippen LogP contribution in [-0.2, 0) is 0 Å². The number of methoxy groups -OCH3 is 1. The average Bonchev–Trinajstić information content (AvgIpc) is 2.69. The lowest BCUT2D eigenvalue weighted by molar-refractivity contribution is 0.0274. The second-order valence-corrected chi connectivity index (χ2v) is 7.51. The SMILES string of the molecule is COc1cccc(Oc2ccc(C(=O)NC3CN4CCC3CC4C)cc2)c1. The topological polar surface area (TPSA) is 50.8 Å². The zero-order valence-corrected chi connectivity index (χ0v) is 15.9. The summed E-state index contributed by atoms with van der Waals surface area (Å²) >= 11 is 0. The van der Waals surface area contributed by atoms with Crippen LogP contribution in [0, 0.1) is 5.92 Å². The van der Waals surface area contributed by atoms with Crippen LogP contribution in [0.3, 0.4) is 0 Å². The molecule has 5 heteroatoms. The molecule has 1 amide bonds. The van der Waals surface area contributed by atoms with Gasteiger partial charge in [-0.1, -0.05) is 6.07 Å². The molecule has 5 nitrogen and oxygen atoms in total. The molecule has 1 N–H and O–H groups in total. The molecule has 2 aromatic rings. The molecule has 3 aliphatic heterocycles. The van der Waals surface area contributed by atoms with Gasteiger partial charge in [-0.25, -0.2) is 0 Å². The van der Waals surface area contributed by atoms with Gasteiger partial charge in [0.2, 0.25) is 0 Å². The number of hydrogen-bond donors (Lipinski definition) is 1. The second kappa shape index (κ2) is 7.61. The van der Waals surface area contributed by atoms with Gasteiger partial charge in [-0.3, -0.25) is 9.69 Å². The van der Waals surface area contributed by atoms with E-state index in [0.29, 0.717) is 29.0 Å². The highest BCUT2D eigenvalue weighted by Gasteiger charge is 2.38. The van der Waals surface area contributed by atoms with Gasteiger partial charge in [0.25, 0.3) is 5.91 Å². The zero-order valence-electron chi connectivity index (χ0n) is 15.9. The molecule has 3 fully saturated rings. The molecular weight excluding hydrogens is 340 g/mol. The zero-order chi connectivity index (χ0) is 18.8. The summed E-state index contributed by atoms with van der Waals surface area (Å²) in [4.78, 5) is 15.1. The van der Waals surface area contributed by atoms with Crippen molar-refractivity contribution in [2.75, 3.05) is 20.2 Å². The fourth-order valence-corrected chi connectivity index (χ4v) is 4.19. The van der Waals surface area contributed by atoms with E-state index in [0.717, 1.165) is 18.8 Å². The minimum absolute atomic E-state index is 0.00525. The number of fused-ring (bicyclic) bond motifs is 3. The van der Waals surface area contributed by atoms with E-state index in [-0.39, 0.29) is 11.9 Å². The smallest absolute Gasteiger partial charge is 0.251 e. The molecule has 142 valence electrons. The normalized spacial score (nSPS) is 26.4. The van der Waals surface area contributed by atoms with E-state index in [4.69, 9.17) is 9.47 Å². The van der Waals surface area contributed by atoms with Crippen molar-refractivity contribution >= 4 is 5.91 Å². The van der Waals surface area contributed by atoms with Gasteiger partial charge in [0.15, 0.2) is 0 Å². The fraction of sp³-hybridized carbons (Fsp3) is 0.409. The molecule has 0 aromatic heterocycles. The summed E-state index contributed by atoms with van der Waals surface area (Å²) in [5, 5.41) is 3.23. The second-order valence-electron chi connectivity index (χ2n) is 7.51. The van der Waals surface area contributed by atoms with Crippen molar-refractivity contribution in [3.63, 3.8) is 0 Å². The Bertz CT molecular complexity index is 805. The molecule has 4 unspecified atom stereocenters. The van der Waals surface area contributed by atoms with Crippen molar-refractivity contribution in [2.45, 2.75) is 31.8 Å². The van der Waals surface area contributed by atoms with Crippen LogP contribution in [0.25, 0.3) is 0 Å². The summed E-state index contributed by atoms with van der Waals surface area (Å²) in [5.74, 6) is 2.73. The van der Waals surface area contributed by atoms with Gasteiger partial charge in [-0.2, -0.15) is 0 Å². The number of nitrogens with one attached hydrogen (secondary N) is 1. The van der Waals surface area contributed by atoms with E-state index < -0.39 is 0 Å². The van der Waals surface area contributed by atoms with Crippen LogP contribution in [0.2, 0.25) is 0 Å². The Morgan fingerprint density at radius 1 is 1.11 bits per heavy atom. The lowest BCUT2D eigenvalue weighted by atomic mass is 9.80. The van der Waals surface area contributed by atoms with E-state index in [2.05, 4.69) is 17.1 Å². The van der Waals surface area contributed by atoms with Crippen LogP contribution in [-0.4, -0.2) is 43.1 Å². The highest BCUT2D eigenvalue weighted by molar-refractivity contribution is 5.94. The number of piperidine rings is 3. The summed E-state index contributed by atoms with van der Waals surface area (Å²) in [7, 11) is 1.63. The molecule has 4 atom stereocenters. The van der Waals surface area contributed by atoms with E-state index in [9.17, 15) is 4.79 Å². The van der Waals surface area contributed by atoms with Gasteiger partial charge < -0.3 is 14.8 Å². The summed E-state index contributed by atoms with van der Waals surface area (Å²) in [6.07, 6.45) is 2.36. The molecule has 27 heavy (non-hydrogen) atoms. The first-order valence-electron chi connectivity index (χ1n) is 9.59. The van der Waals surface area contributed by atoms with Crippen LogP contribution in [0.4, 0.5) is 0 Å². The first kappa shape index (κ1) is 17.9. The highest BCUT2D eigenvalue weighted by atomic mass is 16.5. The molecule has 0 spiro atoms. The number of carbonyl (C=O) groups excluding carboxylic acids is 1. The van der Waals surface area contributed by atoms with Gasteiger partial charge in [-0.05, 0) is 68.6 Å². The van der Waals surface area contributed by atoms with E-state index in [1.807, 2.05) is 48.5 Å². The van der Waals surface area contributed by atoms with E-state index in [1.54, 1.807) is 7.11 Å². The van der Waals surface area contributed by atoms with Crippen LogP contribution in [0.5, 0.6) is 17.2 Å². The summed E-state index contributed by atoms with van der Waals surface area (Å²) in [5.41, 5.74) is 0.664. The summed E-state index contributed by atoms with van der Waals surface area (Å²) in [6.45, 7) is 4.41. The number of carbonyl (C=O) groups is 1. The van der Waals surface area contributed by atoms with E-state index in [1.165, 1.54) is 12.8 Å². The lowest BCUT2D eigenvalue weighted by Crippen LogP contribution is -2.60. The van der Waals surface area contributed by atoms with Crippen LogP contribution in [0.1, 0.15) is 30.1 Å².